The van der Waals surface area contributed by atoms with E-state index in [0.717, 1.165) is 18.7 Å². The molecule has 2 heterocycles. The van der Waals surface area contributed by atoms with Crippen LogP contribution in [0, 0.1) is 0 Å². The zero-order valence-corrected chi connectivity index (χ0v) is 10.5. The van der Waals surface area contributed by atoms with Gasteiger partial charge in [-0.15, -0.1) is 0 Å². The first-order chi connectivity index (χ1) is 8.84. The van der Waals surface area contributed by atoms with E-state index in [2.05, 4.69) is 25.6 Å². The SMILES string of the molecule is S=C(NCCc1ccccn1)Nc1cnccn1. The molecule has 5 nitrogen and oxygen atoms in total. The number of aromatic nitrogens is 3. The third-order valence-corrected chi connectivity index (χ3v) is 2.44. The minimum Gasteiger partial charge on any atom is -0.362 e. The molecule has 0 unspecified atom stereocenters. The van der Waals surface area contributed by atoms with Crippen molar-refractivity contribution >= 4 is 23.1 Å². The molecule has 0 bridgehead atoms. The Morgan fingerprint density at radius 1 is 1.17 bits per heavy atom. The van der Waals surface area contributed by atoms with Crippen LogP contribution < -0.4 is 10.6 Å². The standard InChI is InChI=1S/C12H13N5S/c18-12(17-11-9-13-7-8-15-11)16-6-4-10-3-1-2-5-14-10/h1-3,5,7-9H,4,6H2,(H2,15,16,17,18). The molecule has 0 saturated carbocycles. The van der Waals surface area contributed by atoms with Crippen LogP contribution in [0.1, 0.15) is 5.69 Å². The van der Waals surface area contributed by atoms with Gasteiger partial charge in [-0.25, -0.2) is 4.98 Å². The van der Waals surface area contributed by atoms with Gasteiger partial charge in [0.2, 0.25) is 0 Å². The van der Waals surface area contributed by atoms with Gasteiger partial charge in [0.25, 0.3) is 0 Å². The predicted octanol–water partition coefficient (Wildman–Crippen LogP) is 1.40. The highest BCUT2D eigenvalue weighted by molar-refractivity contribution is 7.80. The van der Waals surface area contributed by atoms with Gasteiger partial charge in [-0.1, -0.05) is 6.07 Å². The van der Waals surface area contributed by atoms with Gasteiger partial charge in [0.15, 0.2) is 10.9 Å². The second kappa shape index (κ2) is 6.61. The summed E-state index contributed by atoms with van der Waals surface area (Å²) in [5.74, 6) is 0.632. The van der Waals surface area contributed by atoms with Crippen LogP contribution in [0.3, 0.4) is 0 Å². The summed E-state index contributed by atoms with van der Waals surface area (Å²) >= 11 is 5.14. The van der Waals surface area contributed by atoms with Crippen molar-refractivity contribution in [2.24, 2.45) is 0 Å². The molecule has 92 valence electrons. The number of nitrogens with one attached hydrogen (secondary N) is 2. The van der Waals surface area contributed by atoms with Crippen molar-refractivity contribution in [1.29, 1.82) is 0 Å². The minimum atomic E-state index is 0.534. The Labute approximate surface area is 111 Å². The summed E-state index contributed by atoms with van der Waals surface area (Å²) in [5, 5.41) is 6.58. The van der Waals surface area contributed by atoms with Crippen molar-refractivity contribution in [3.63, 3.8) is 0 Å². The van der Waals surface area contributed by atoms with E-state index in [1.54, 1.807) is 24.8 Å². The number of thiocarbonyl (C=S) groups is 1. The van der Waals surface area contributed by atoms with Crippen LogP contribution >= 0.6 is 12.2 Å². The van der Waals surface area contributed by atoms with E-state index in [1.165, 1.54) is 0 Å². The van der Waals surface area contributed by atoms with Gasteiger partial charge in [-0.3, -0.25) is 9.97 Å². The number of anilines is 1. The number of hydrogen-bond donors (Lipinski definition) is 2. The predicted molar refractivity (Wildman–Crippen MR) is 74.2 cm³/mol. The lowest BCUT2D eigenvalue weighted by molar-refractivity contribution is 0.847. The summed E-state index contributed by atoms with van der Waals surface area (Å²) in [5.41, 5.74) is 1.03. The Bertz CT molecular complexity index is 488. The van der Waals surface area contributed by atoms with E-state index in [0.29, 0.717) is 10.9 Å². The molecule has 6 heteroatoms. The first-order valence-electron chi connectivity index (χ1n) is 5.55. The lowest BCUT2D eigenvalue weighted by atomic mass is 10.3. The van der Waals surface area contributed by atoms with E-state index in [4.69, 9.17) is 12.2 Å². The lowest BCUT2D eigenvalue weighted by Gasteiger charge is -2.08. The fourth-order valence-corrected chi connectivity index (χ4v) is 1.58. The van der Waals surface area contributed by atoms with Crippen LogP contribution in [0.2, 0.25) is 0 Å². The van der Waals surface area contributed by atoms with Crippen molar-refractivity contribution in [1.82, 2.24) is 20.3 Å². The quantitative estimate of drug-likeness (QED) is 0.809. The first-order valence-corrected chi connectivity index (χ1v) is 5.96. The minimum absolute atomic E-state index is 0.534. The van der Waals surface area contributed by atoms with Gasteiger partial charge in [-0.05, 0) is 24.4 Å². The molecule has 0 saturated heterocycles. The van der Waals surface area contributed by atoms with E-state index in [-0.39, 0.29) is 0 Å². The van der Waals surface area contributed by atoms with Gasteiger partial charge in [-0.2, -0.15) is 0 Å². The van der Waals surface area contributed by atoms with Gasteiger partial charge >= 0.3 is 0 Å². The van der Waals surface area contributed by atoms with E-state index in [9.17, 15) is 0 Å². The van der Waals surface area contributed by atoms with Crippen LogP contribution in [0.15, 0.2) is 43.0 Å². The Balaban J connectivity index is 1.73. The maximum absolute atomic E-state index is 5.14. The molecule has 2 aromatic heterocycles. The fraction of sp³-hybridized carbons (Fsp3) is 0.167. The summed E-state index contributed by atoms with van der Waals surface area (Å²) in [6, 6.07) is 5.86. The second-order valence-electron chi connectivity index (χ2n) is 3.54. The number of pyridine rings is 1. The molecular weight excluding hydrogens is 246 g/mol. The second-order valence-corrected chi connectivity index (χ2v) is 3.95. The zero-order valence-electron chi connectivity index (χ0n) is 9.71. The molecule has 0 aliphatic rings. The molecule has 0 radical (unpaired) electrons. The highest BCUT2D eigenvalue weighted by Crippen LogP contribution is 1.97. The van der Waals surface area contributed by atoms with Gasteiger partial charge < -0.3 is 10.6 Å². The average molecular weight is 259 g/mol. The summed E-state index contributed by atoms with van der Waals surface area (Å²) in [7, 11) is 0. The van der Waals surface area contributed by atoms with Gasteiger partial charge in [0.05, 0.1) is 6.20 Å². The molecule has 0 aromatic carbocycles. The number of nitrogens with zero attached hydrogens (tertiary/aromatic N) is 3. The average Bonchev–Trinajstić information content (AvgIpc) is 2.41. The normalized spacial score (nSPS) is 9.78. The molecule has 2 aromatic rings. The maximum atomic E-state index is 5.14. The van der Waals surface area contributed by atoms with E-state index in [1.807, 2.05) is 18.2 Å². The smallest absolute Gasteiger partial charge is 0.171 e. The molecule has 0 aliphatic heterocycles. The molecule has 0 spiro atoms. The third-order valence-electron chi connectivity index (χ3n) is 2.20. The van der Waals surface area contributed by atoms with E-state index >= 15 is 0 Å². The Morgan fingerprint density at radius 2 is 2.11 bits per heavy atom. The van der Waals surface area contributed by atoms with Crippen LogP contribution in [0.25, 0.3) is 0 Å². The summed E-state index contributed by atoms with van der Waals surface area (Å²) in [6.07, 6.45) is 7.45. The molecule has 0 atom stereocenters. The van der Waals surface area contributed by atoms with Crippen molar-refractivity contribution < 1.29 is 0 Å². The van der Waals surface area contributed by atoms with Crippen molar-refractivity contribution in [3.8, 4) is 0 Å². The zero-order chi connectivity index (χ0) is 12.6. The number of hydrogen-bond acceptors (Lipinski definition) is 4. The Kier molecular flexibility index (Phi) is 4.54. The molecule has 2 rings (SSSR count). The fourth-order valence-electron chi connectivity index (χ4n) is 1.37. The van der Waals surface area contributed by atoms with Crippen LogP contribution in [-0.4, -0.2) is 26.6 Å². The lowest BCUT2D eigenvalue weighted by Crippen LogP contribution is -2.30. The molecule has 0 aliphatic carbocycles. The summed E-state index contributed by atoms with van der Waals surface area (Å²) in [6.45, 7) is 0.725. The topological polar surface area (TPSA) is 62.7 Å². The number of rotatable bonds is 4. The highest BCUT2D eigenvalue weighted by atomic mass is 32.1. The van der Waals surface area contributed by atoms with Crippen molar-refractivity contribution in [2.45, 2.75) is 6.42 Å². The molecule has 2 N–H and O–H groups in total. The van der Waals surface area contributed by atoms with Gasteiger partial charge in [0.1, 0.15) is 0 Å². The van der Waals surface area contributed by atoms with Crippen molar-refractivity contribution in [3.05, 3.63) is 48.7 Å². The van der Waals surface area contributed by atoms with Crippen LogP contribution in [0.5, 0.6) is 0 Å². The summed E-state index contributed by atoms with van der Waals surface area (Å²) in [4.78, 5) is 12.2. The van der Waals surface area contributed by atoms with E-state index < -0.39 is 0 Å². The molecule has 18 heavy (non-hydrogen) atoms. The molecule has 0 amide bonds. The maximum Gasteiger partial charge on any atom is 0.171 e. The van der Waals surface area contributed by atoms with Crippen LogP contribution in [0.4, 0.5) is 5.82 Å². The van der Waals surface area contributed by atoms with Gasteiger partial charge in [0, 0.05) is 37.3 Å². The first kappa shape index (κ1) is 12.4. The molecular formula is C12H13N5S. The van der Waals surface area contributed by atoms with Crippen LogP contribution in [-0.2, 0) is 6.42 Å². The monoisotopic (exact) mass is 259 g/mol. The highest BCUT2D eigenvalue weighted by Gasteiger charge is 1.98. The van der Waals surface area contributed by atoms with Crippen molar-refractivity contribution in [2.75, 3.05) is 11.9 Å². The Hall–Kier alpha value is -2.08. The summed E-state index contributed by atoms with van der Waals surface area (Å²) < 4.78 is 0. The largest absolute Gasteiger partial charge is 0.362 e. The Morgan fingerprint density at radius 3 is 2.83 bits per heavy atom. The third kappa shape index (κ3) is 4.06. The molecule has 0 fully saturated rings.